The van der Waals surface area contributed by atoms with Gasteiger partial charge in [-0.2, -0.15) is 14.2 Å². The molecule has 1 amide bonds. The van der Waals surface area contributed by atoms with Crippen molar-refractivity contribution in [1.29, 1.82) is 5.41 Å². The third-order valence-corrected chi connectivity index (χ3v) is 10.1. The molecule has 0 radical (unpaired) electrons. The van der Waals surface area contributed by atoms with Gasteiger partial charge >= 0.3 is 0 Å². The highest BCUT2D eigenvalue weighted by Gasteiger charge is 2.74. The number of anilines is 2. The van der Waals surface area contributed by atoms with E-state index in [9.17, 15) is 17.6 Å². The van der Waals surface area contributed by atoms with Gasteiger partial charge in [-0.3, -0.25) is 4.79 Å². The highest BCUT2D eigenvalue weighted by atomic mass is 32.2. The van der Waals surface area contributed by atoms with Crippen LogP contribution in [-0.2, 0) is 27.3 Å². The van der Waals surface area contributed by atoms with Gasteiger partial charge < -0.3 is 16.0 Å². The number of amides is 1. The summed E-state index contributed by atoms with van der Waals surface area (Å²) in [7, 11) is -2.33. The molecule has 1 saturated heterocycles. The van der Waals surface area contributed by atoms with E-state index in [0.717, 1.165) is 30.4 Å². The number of rotatable bonds is 8. The monoisotopic (exact) mass is 551 g/mol. The highest BCUT2D eigenvalue weighted by molar-refractivity contribution is 7.89. The van der Waals surface area contributed by atoms with Gasteiger partial charge in [0.1, 0.15) is 5.82 Å². The molecular weight excluding hydrogens is 521 g/mol. The summed E-state index contributed by atoms with van der Waals surface area (Å²) >= 11 is 0. The van der Waals surface area contributed by atoms with Crippen LogP contribution in [0.3, 0.4) is 0 Å². The summed E-state index contributed by atoms with van der Waals surface area (Å²) in [5.74, 6) is -0.936. The summed E-state index contributed by atoms with van der Waals surface area (Å²) < 4.78 is 41.6. The van der Waals surface area contributed by atoms with E-state index in [-0.39, 0.29) is 47.7 Å². The summed E-state index contributed by atoms with van der Waals surface area (Å²) in [6.07, 6.45) is 5.49. The molecule has 1 aromatic heterocycles. The van der Waals surface area contributed by atoms with E-state index in [0.29, 0.717) is 16.9 Å². The minimum Gasteiger partial charge on any atom is -0.355 e. The zero-order valence-electron chi connectivity index (χ0n) is 21.7. The molecule has 3 atom stereocenters. The second-order valence-corrected chi connectivity index (χ2v) is 12.6. The highest BCUT2D eigenvalue weighted by Crippen LogP contribution is 2.65. The van der Waals surface area contributed by atoms with Gasteiger partial charge in [0.2, 0.25) is 10.9 Å². The number of hydrogen-bond acceptors (Lipinski definition) is 7. The smallest absolute Gasteiger partial charge is 0.264 e. The fourth-order valence-electron chi connectivity index (χ4n) is 6.19. The van der Waals surface area contributed by atoms with Crippen LogP contribution in [0.2, 0.25) is 0 Å². The van der Waals surface area contributed by atoms with Crippen LogP contribution in [0.15, 0.2) is 47.6 Å². The molecule has 3 aromatic rings. The van der Waals surface area contributed by atoms with E-state index < -0.39 is 15.4 Å². The Hall–Kier alpha value is -3.64. The van der Waals surface area contributed by atoms with Crippen molar-refractivity contribution < 1.29 is 17.6 Å². The zero-order valence-corrected chi connectivity index (χ0v) is 22.5. The van der Waals surface area contributed by atoms with Crippen molar-refractivity contribution >= 4 is 33.5 Å². The predicted octanol–water partition coefficient (Wildman–Crippen LogP) is 2.86. The van der Waals surface area contributed by atoms with Crippen molar-refractivity contribution in [3.8, 4) is 0 Å². The predicted molar refractivity (Wildman–Crippen MR) is 143 cm³/mol. The molecule has 2 aliphatic carbocycles. The van der Waals surface area contributed by atoms with Gasteiger partial charge in [0.25, 0.3) is 10.0 Å². The number of benzene rings is 2. The van der Waals surface area contributed by atoms with Crippen LogP contribution in [0.1, 0.15) is 36.0 Å². The maximum Gasteiger partial charge on any atom is 0.264 e. The van der Waals surface area contributed by atoms with E-state index in [1.165, 1.54) is 33.6 Å². The van der Waals surface area contributed by atoms with Gasteiger partial charge in [-0.05, 0) is 79.6 Å². The number of nitrogens with zero attached hydrogens (tertiary/aromatic N) is 4. The normalized spacial score (nSPS) is 24.6. The Morgan fingerprint density at radius 3 is 2.59 bits per heavy atom. The van der Waals surface area contributed by atoms with Crippen LogP contribution in [-0.4, -0.2) is 59.0 Å². The van der Waals surface area contributed by atoms with Crippen LogP contribution < -0.4 is 10.6 Å². The van der Waals surface area contributed by atoms with Crippen molar-refractivity contribution in [3.63, 3.8) is 0 Å². The van der Waals surface area contributed by atoms with Crippen molar-refractivity contribution in [2.75, 3.05) is 18.4 Å². The maximum absolute atomic E-state index is 13.4. The van der Waals surface area contributed by atoms with E-state index in [2.05, 4.69) is 20.8 Å². The number of hydrogen-bond donors (Lipinski definition) is 3. The molecular formula is C27H30FN7O3S. The Morgan fingerprint density at radius 1 is 1.23 bits per heavy atom. The third kappa shape index (κ3) is 4.22. The van der Waals surface area contributed by atoms with E-state index in [1.807, 2.05) is 19.1 Å². The first-order valence-corrected chi connectivity index (χ1v) is 14.4. The number of carbonyl (C=O) groups is 1. The van der Waals surface area contributed by atoms with Crippen LogP contribution in [0.25, 0.3) is 0 Å². The van der Waals surface area contributed by atoms with Crippen molar-refractivity contribution in [3.05, 3.63) is 65.1 Å². The number of fused-ring (bicyclic) bond motifs is 1. The lowest BCUT2D eigenvalue weighted by Crippen LogP contribution is -2.44. The van der Waals surface area contributed by atoms with Gasteiger partial charge in [-0.15, -0.1) is 5.10 Å². The first-order valence-electron chi connectivity index (χ1n) is 13.0. The van der Waals surface area contributed by atoms with Crippen LogP contribution in [0.4, 0.5) is 15.8 Å². The summed E-state index contributed by atoms with van der Waals surface area (Å²) in [6.45, 7) is 2.28. The first-order chi connectivity index (χ1) is 18.6. The number of aryl methyl sites for hydroxylation is 2. The minimum absolute atomic E-state index is 0.0365. The molecule has 2 saturated carbocycles. The molecule has 3 aliphatic rings. The maximum atomic E-state index is 13.4. The average Bonchev–Trinajstić information content (AvgIpc) is 3.16. The van der Waals surface area contributed by atoms with Gasteiger partial charge in [0.05, 0.1) is 12.1 Å². The molecule has 3 fully saturated rings. The number of carbonyl (C=O) groups excluding carboxylic acids is 1. The van der Waals surface area contributed by atoms with Crippen LogP contribution >= 0.6 is 0 Å². The summed E-state index contributed by atoms with van der Waals surface area (Å²) in [5, 5.41) is 22.3. The lowest BCUT2D eigenvalue weighted by molar-refractivity contribution is -0.124. The molecule has 0 unspecified atom stereocenters. The second kappa shape index (κ2) is 9.23. The van der Waals surface area contributed by atoms with Gasteiger partial charge in [0.15, 0.2) is 0 Å². The molecule has 0 spiro atoms. The minimum atomic E-state index is -3.89. The average molecular weight is 552 g/mol. The van der Waals surface area contributed by atoms with E-state index in [4.69, 9.17) is 5.41 Å². The van der Waals surface area contributed by atoms with Crippen LogP contribution in [0, 0.1) is 30.0 Å². The Balaban J connectivity index is 1.36. The fourth-order valence-corrected chi connectivity index (χ4v) is 7.60. The molecule has 1 aliphatic heterocycles. The van der Waals surface area contributed by atoms with Crippen LogP contribution in [0.5, 0.6) is 0 Å². The molecule has 2 heterocycles. The standard InChI is InChI=1S/C27H30FN7O3S/c1-16-10-23(31-20-8-6-18(28)7-9-20)17(12-29)11-21(16)27-15-35(39(37,38)24-13-30-34(2)33-24)14-22(27)25(27)26(36)32-19-4-3-5-19/h6-13,19,22,25,29,31H,3-5,14-15H2,1-2H3,(H,32,36)/t22-,25+,27+/m0/s1. The number of piperidine rings is 1. The van der Waals surface area contributed by atoms with Gasteiger partial charge in [-0.1, -0.05) is 0 Å². The van der Waals surface area contributed by atoms with Gasteiger partial charge in [0, 0.05) is 54.7 Å². The molecule has 204 valence electrons. The first kappa shape index (κ1) is 25.6. The molecule has 39 heavy (non-hydrogen) atoms. The Morgan fingerprint density at radius 2 is 1.97 bits per heavy atom. The molecule has 0 bridgehead atoms. The quantitative estimate of drug-likeness (QED) is 0.369. The lowest BCUT2D eigenvalue weighted by Gasteiger charge is -2.29. The molecule has 12 heteroatoms. The number of aromatic nitrogens is 3. The lowest BCUT2D eigenvalue weighted by atomic mass is 9.86. The second-order valence-electron chi connectivity index (χ2n) is 10.8. The Bertz CT molecular complexity index is 1570. The summed E-state index contributed by atoms with van der Waals surface area (Å²) in [5.41, 5.74) is 2.97. The molecule has 6 rings (SSSR count). The van der Waals surface area contributed by atoms with Crippen molar-refractivity contribution in [1.82, 2.24) is 24.6 Å². The third-order valence-electron chi connectivity index (χ3n) is 8.44. The number of halogens is 1. The SMILES string of the molecule is Cc1cc(Nc2ccc(F)cc2)c(C=N)cc1[C@]12CN(S(=O)(=O)c3cnn(C)n3)C[C@H]1[C@@H]2C(=O)NC1CCC1. The Labute approximate surface area is 226 Å². The topological polar surface area (TPSA) is 133 Å². The summed E-state index contributed by atoms with van der Waals surface area (Å²) in [4.78, 5) is 14.6. The largest absolute Gasteiger partial charge is 0.355 e. The zero-order chi connectivity index (χ0) is 27.5. The molecule has 3 N–H and O–H groups in total. The Kier molecular flexibility index (Phi) is 6.07. The van der Waals surface area contributed by atoms with Crippen molar-refractivity contribution in [2.24, 2.45) is 18.9 Å². The van der Waals surface area contributed by atoms with E-state index in [1.54, 1.807) is 19.2 Å². The summed E-state index contributed by atoms with van der Waals surface area (Å²) in [6, 6.07) is 9.93. The molecule has 2 aromatic carbocycles. The number of sulfonamides is 1. The van der Waals surface area contributed by atoms with Crippen molar-refractivity contribution in [2.45, 2.75) is 42.7 Å². The number of nitrogens with one attached hydrogen (secondary N) is 3. The van der Waals surface area contributed by atoms with E-state index >= 15 is 0 Å². The fraction of sp³-hybridized carbons (Fsp3) is 0.407. The molecule has 10 nitrogen and oxygen atoms in total. The van der Waals surface area contributed by atoms with Gasteiger partial charge in [-0.25, -0.2) is 12.8 Å².